The third-order valence-corrected chi connectivity index (χ3v) is 3.75. The number of benzene rings is 2. The van der Waals surface area contributed by atoms with Gasteiger partial charge in [-0.2, -0.15) is 0 Å². The molecule has 0 unspecified atom stereocenters. The maximum absolute atomic E-state index is 6.05. The van der Waals surface area contributed by atoms with Crippen molar-refractivity contribution in [1.82, 2.24) is 0 Å². The zero-order chi connectivity index (χ0) is 15.2. The average Bonchev–Trinajstić information content (AvgIpc) is 2.46. The smallest absolute Gasteiger partial charge is 0.106 e. The van der Waals surface area contributed by atoms with Crippen LogP contribution in [0.25, 0.3) is 0 Å². The third kappa shape index (κ3) is 4.45. The van der Waals surface area contributed by atoms with Gasteiger partial charge in [-0.1, -0.05) is 49.3 Å². The van der Waals surface area contributed by atoms with Gasteiger partial charge >= 0.3 is 0 Å². The molecule has 3 N–H and O–H groups in total. The van der Waals surface area contributed by atoms with Crippen LogP contribution in [0.2, 0.25) is 5.02 Å². The van der Waals surface area contributed by atoms with Crippen molar-refractivity contribution in [1.29, 1.82) is 0 Å². The van der Waals surface area contributed by atoms with Crippen molar-refractivity contribution in [3.8, 4) is 0 Å². The number of anilines is 2. The van der Waals surface area contributed by atoms with Crippen LogP contribution in [-0.4, -0.2) is 4.99 Å². The van der Waals surface area contributed by atoms with E-state index in [9.17, 15) is 0 Å². The second kappa shape index (κ2) is 7.43. The molecule has 0 aliphatic heterocycles. The highest BCUT2D eigenvalue weighted by Crippen LogP contribution is 2.25. The SMILES string of the molecule is CCCCc1ccc(Nc2cc(Cl)ccc2C(N)=S)cc1. The highest BCUT2D eigenvalue weighted by molar-refractivity contribution is 7.80. The standard InChI is InChI=1S/C17H19ClN2S/c1-2-3-4-12-5-8-14(9-6-12)20-16-11-13(18)7-10-15(16)17(19)21/h5-11,20H,2-4H2,1H3,(H2,19,21). The number of hydrogen-bond donors (Lipinski definition) is 2. The Morgan fingerprint density at radius 1 is 1.19 bits per heavy atom. The molecule has 2 aromatic rings. The zero-order valence-corrected chi connectivity index (χ0v) is 13.6. The summed E-state index contributed by atoms with van der Waals surface area (Å²) < 4.78 is 0. The Morgan fingerprint density at radius 2 is 1.90 bits per heavy atom. The van der Waals surface area contributed by atoms with Gasteiger partial charge in [0.05, 0.1) is 5.69 Å². The Bertz CT molecular complexity index is 623. The number of hydrogen-bond acceptors (Lipinski definition) is 2. The van der Waals surface area contributed by atoms with Crippen LogP contribution >= 0.6 is 23.8 Å². The monoisotopic (exact) mass is 318 g/mol. The maximum atomic E-state index is 6.05. The fourth-order valence-electron chi connectivity index (χ4n) is 2.13. The van der Waals surface area contributed by atoms with Crippen molar-refractivity contribution >= 4 is 40.2 Å². The molecule has 0 saturated carbocycles. The normalized spacial score (nSPS) is 10.4. The van der Waals surface area contributed by atoms with Crippen molar-refractivity contribution in [2.75, 3.05) is 5.32 Å². The van der Waals surface area contributed by atoms with E-state index in [0.717, 1.165) is 23.4 Å². The average molecular weight is 319 g/mol. The second-order valence-corrected chi connectivity index (χ2v) is 5.86. The van der Waals surface area contributed by atoms with E-state index in [-0.39, 0.29) is 0 Å². The predicted octanol–water partition coefficient (Wildman–Crippen LogP) is 5.06. The summed E-state index contributed by atoms with van der Waals surface area (Å²) in [5.74, 6) is 0. The molecule has 0 aromatic heterocycles. The quantitative estimate of drug-likeness (QED) is 0.731. The van der Waals surface area contributed by atoms with Crippen molar-refractivity contribution < 1.29 is 0 Å². The molecule has 2 nitrogen and oxygen atoms in total. The first-order chi connectivity index (χ1) is 10.1. The Labute approximate surface area is 136 Å². The number of nitrogens with one attached hydrogen (secondary N) is 1. The molecule has 4 heteroatoms. The molecule has 0 amide bonds. The van der Waals surface area contributed by atoms with E-state index in [1.165, 1.54) is 18.4 Å². The molecule has 21 heavy (non-hydrogen) atoms. The first-order valence-electron chi connectivity index (χ1n) is 7.05. The summed E-state index contributed by atoms with van der Waals surface area (Å²) in [5, 5.41) is 3.98. The molecule has 0 heterocycles. The van der Waals surface area contributed by atoms with E-state index in [1.54, 1.807) is 6.07 Å². The van der Waals surface area contributed by atoms with E-state index in [2.05, 4.69) is 36.5 Å². The first-order valence-corrected chi connectivity index (χ1v) is 7.84. The first kappa shape index (κ1) is 15.8. The fraction of sp³-hybridized carbons (Fsp3) is 0.235. The van der Waals surface area contributed by atoms with Crippen LogP contribution in [-0.2, 0) is 6.42 Å². The number of unbranched alkanes of at least 4 members (excludes halogenated alkanes) is 1. The van der Waals surface area contributed by atoms with Crippen molar-refractivity contribution in [2.24, 2.45) is 5.73 Å². The molecule has 0 atom stereocenters. The molecular formula is C17H19ClN2S. The zero-order valence-electron chi connectivity index (χ0n) is 12.0. The van der Waals surface area contributed by atoms with E-state index < -0.39 is 0 Å². The lowest BCUT2D eigenvalue weighted by Crippen LogP contribution is -2.11. The van der Waals surface area contributed by atoms with Gasteiger partial charge in [0.2, 0.25) is 0 Å². The van der Waals surface area contributed by atoms with Crippen molar-refractivity contribution in [3.05, 3.63) is 58.6 Å². The molecule has 2 rings (SSSR count). The molecule has 0 spiro atoms. The summed E-state index contributed by atoms with van der Waals surface area (Å²) >= 11 is 11.1. The molecule has 0 aliphatic rings. The topological polar surface area (TPSA) is 38.0 Å². The van der Waals surface area contributed by atoms with Crippen LogP contribution < -0.4 is 11.1 Å². The molecule has 110 valence electrons. The van der Waals surface area contributed by atoms with Crippen molar-refractivity contribution in [2.45, 2.75) is 26.2 Å². The van der Waals surface area contributed by atoms with Crippen LogP contribution in [0.1, 0.15) is 30.9 Å². The number of thiocarbonyl (C=S) groups is 1. The largest absolute Gasteiger partial charge is 0.389 e. The maximum Gasteiger partial charge on any atom is 0.106 e. The number of nitrogens with two attached hydrogens (primary N) is 1. The summed E-state index contributed by atoms with van der Waals surface area (Å²) in [6, 6.07) is 13.9. The fourth-order valence-corrected chi connectivity index (χ4v) is 2.48. The van der Waals surface area contributed by atoms with Crippen LogP contribution in [0.4, 0.5) is 11.4 Å². The molecule has 0 radical (unpaired) electrons. The van der Waals surface area contributed by atoms with Gasteiger partial charge in [-0.05, 0) is 48.7 Å². The van der Waals surface area contributed by atoms with E-state index in [0.29, 0.717) is 10.0 Å². The van der Waals surface area contributed by atoms with Crippen LogP contribution in [0.5, 0.6) is 0 Å². The third-order valence-electron chi connectivity index (χ3n) is 3.30. The molecule has 0 fully saturated rings. The Hall–Kier alpha value is -1.58. The van der Waals surface area contributed by atoms with E-state index >= 15 is 0 Å². The minimum Gasteiger partial charge on any atom is -0.389 e. The van der Waals surface area contributed by atoms with E-state index in [4.69, 9.17) is 29.6 Å². The highest BCUT2D eigenvalue weighted by Gasteiger charge is 2.06. The van der Waals surface area contributed by atoms with Crippen LogP contribution in [0.15, 0.2) is 42.5 Å². The van der Waals surface area contributed by atoms with Gasteiger partial charge in [-0.25, -0.2) is 0 Å². The van der Waals surface area contributed by atoms with Crippen LogP contribution in [0, 0.1) is 0 Å². The lowest BCUT2D eigenvalue weighted by atomic mass is 10.1. The van der Waals surface area contributed by atoms with Gasteiger partial charge in [-0.15, -0.1) is 0 Å². The molecule has 0 bridgehead atoms. The Kier molecular flexibility index (Phi) is 5.59. The lowest BCUT2D eigenvalue weighted by Gasteiger charge is -2.12. The summed E-state index contributed by atoms with van der Waals surface area (Å²) in [7, 11) is 0. The minimum atomic E-state index is 0.355. The van der Waals surface area contributed by atoms with Crippen LogP contribution in [0.3, 0.4) is 0 Å². The summed E-state index contributed by atoms with van der Waals surface area (Å²) in [6.45, 7) is 2.20. The molecule has 2 aromatic carbocycles. The van der Waals surface area contributed by atoms with E-state index in [1.807, 2.05) is 12.1 Å². The Morgan fingerprint density at radius 3 is 2.52 bits per heavy atom. The van der Waals surface area contributed by atoms with Gasteiger partial charge in [0, 0.05) is 16.3 Å². The lowest BCUT2D eigenvalue weighted by molar-refractivity contribution is 0.795. The van der Waals surface area contributed by atoms with Gasteiger partial charge in [0.25, 0.3) is 0 Å². The Balaban J connectivity index is 2.18. The number of aryl methyl sites for hydroxylation is 1. The number of halogens is 1. The number of rotatable bonds is 6. The van der Waals surface area contributed by atoms with Gasteiger partial charge < -0.3 is 11.1 Å². The molecular weight excluding hydrogens is 300 g/mol. The second-order valence-electron chi connectivity index (χ2n) is 4.98. The molecule has 0 saturated heterocycles. The highest BCUT2D eigenvalue weighted by atomic mass is 35.5. The summed E-state index contributed by atoms with van der Waals surface area (Å²) in [4.78, 5) is 0.355. The van der Waals surface area contributed by atoms with Crippen molar-refractivity contribution in [3.63, 3.8) is 0 Å². The summed E-state index contributed by atoms with van der Waals surface area (Å²) in [5.41, 5.74) is 9.72. The minimum absolute atomic E-state index is 0.355. The van der Waals surface area contributed by atoms with Gasteiger partial charge in [0.15, 0.2) is 0 Å². The van der Waals surface area contributed by atoms with Gasteiger partial charge in [-0.3, -0.25) is 0 Å². The molecule has 0 aliphatic carbocycles. The predicted molar refractivity (Wildman–Crippen MR) is 95.7 cm³/mol. The van der Waals surface area contributed by atoms with Gasteiger partial charge in [0.1, 0.15) is 4.99 Å². The summed E-state index contributed by atoms with van der Waals surface area (Å²) in [6.07, 6.45) is 3.54.